The van der Waals surface area contributed by atoms with Crippen molar-refractivity contribution in [2.24, 2.45) is 5.73 Å². The van der Waals surface area contributed by atoms with Crippen LogP contribution in [-0.2, 0) is 10.3 Å². The van der Waals surface area contributed by atoms with Crippen LogP contribution in [-0.4, -0.2) is 19.1 Å². The average Bonchev–Trinajstić information content (AvgIpc) is 2.35. The Hall–Kier alpha value is -1.55. The molecule has 0 saturated heterocycles. The summed E-state index contributed by atoms with van der Waals surface area (Å²) in [7, 11) is 1.61. The molecule has 1 atom stereocenters. The second-order valence-corrected chi connectivity index (χ2v) is 4.65. The van der Waals surface area contributed by atoms with E-state index < -0.39 is 5.54 Å². The number of benzene rings is 1. The summed E-state index contributed by atoms with van der Waals surface area (Å²) < 4.78 is 5.12. The summed E-state index contributed by atoms with van der Waals surface area (Å²) in [6, 6.07) is 7.60. The Labute approximate surface area is 109 Å². The molecule has 0 aliphatic carbocycles. The van der Waals surface area contributed by atoms with Crippen LogP contribution < -0.4 is 15.8 Å². The van der Waals surface area contributed by atoms with Crippen LogP contribution >= 0.6 is 0 Å². The third-order valence-corrected chi connectivity index (χ3v) is 3.07. The lowest BCUT2D eigenvalue weighted by Gasteiger charge is -2.33. The maximum Gasteiger partial charge on any atom is 0.242 e. The van der Waals surface area contributed by atoms with Gasteiger partial charge >= 0.3 is 0 Å². The molecule has 0 bridgehead atoms. The van der Waals surface area contributed by atoms with Crippen molar-refractivity contribution < 1.29 is 9.53 Å². The first-order chi connectivity index (χ1) is 8.46. The number of nitrogens with two attached hydrogens (primary N) is 1. The van der Waals surface area contributed by atoms with Crippen molar-refractivity contribution in [3.8, 4) is 5.75 Å². The van der Waals surface area contributed by atoms with Crippen LogP contribution in [0.4, 0.5) is 0 Å². The molecule has 0 spiro atoms. The van der Waals surface area contributed by atoms with Gasteiger partial charge in [0.05, 0.1) is 7.11 Å². The molecule has 0 aromatic heterocycles. The number of amides is 1. The van der Waals surface area contributed by atoms with Gasteiger partial charge in [-0.3, -0.25) is 10.1 Å². The maximum absolute atomic E-state index is 11.9. The van der Waals surface area contributed by atoms with E-state index in [-0.39, 0.29) is 11.9 Å². The summed E-state index contributed by atoms with van der Waals surface area (Å²) in [5.41, 5.74) is 5.65. The number of carbonyl (C=O) groups excluding carboxylic acids is 1. The van der Waals surface area contributed by atoms with E-state index in [9.17, 15) is 4.79 Å². The summed E-state index contributed by atoms with van der Waals surface area (Å²) in [6.07, 6.45) is 0.604. The Bertz CT molecular complexity index is 401. The number of primary amides is 1. The molecule has 1 aromatic rings. The molecule has 4 nitrogen and oxygen atoms in total. The van der Waals surface area contributed by atoms with Gasteiger partial charge in [0.25, 0.3) is 0 Å². The van der Waals surface area contributed by atoms with E-state index in [4.69, 9.17) is 10.5 Å². The van der Waals surface area contributed by atoms with Gasteiger partial charge in [0.15, 0.2) is 0 Å². The van der Waals surface area contributed by atoms with Gasteiger partial charge in [-0.2, -0.15) is 0 Å². The van der Waals surface area contributed by atoms with Gasteiger partial charge in [-0.05, 0) is 38.0 Å². The average molecular weight is 250 g/mol. The summed E-state index contributed by atoms with van der Waals surface area (Å²) in [5.74, 6) is 0.404. The van der Waals surface area contributed by atoms with Crippen LogP contribution in [0.1, 0.15) is 32.8 Å². The highest BCUT2D eigenvalue weighted by molar-refractivity contribution is 5.86. The normalized spacial score (nSPS) is 14.3. The van der Waals surface area contributed by atoms with E-state index in [0.29, 0.717) is 6.42 Å². The first-order valence-electron chi connectivity index (χ1n) is 6.18. The molecule has 0 saturated carbocycles. The fourth-order valence-electron chi connectivity index (χ4n) is 2.15. The third kappa shape index (κ3) is 2.82. The van der Waals surface area contributed by atoms with E-state index >= 15 is 0 Å². The fourth-order valence-corrected chi connectivity index (χ4v) is 2.15. The zero-order valence-corrected chi connectivity index (χ0v) is 11.5. The third-order valence-electron chi connectivity index (χ3n) is 3.07. The topological polar surface area (TPSA) is 64.3 Å². The Morgan fingerprint density at radius 2 is 1.94 bits per heavy atom. The number of rotatable bonds is 6. The van der Waals surface area contributed by atoms with Crippen LogP contribution in [0.15, 0.2) is 24.3 Å². The SMILES string of the molecule is CCC(NC(C)C)(C(N)=O)c1ccc(OC)cc1. The van der Waals surface area contributed by atoms with Crippen molar-refractivity contribution in [3.05, 3.63) is 29.8 Å². The Morgan fingerprint density at radius 3 is 2.28 bits per heavy atom. The largest absolute Gasteiger partial charge is 0.497 e. The summed E-state index contributed by atoms with van der Waals surface area (Å²) in [4.78, 5) is 11.9. The number of ether oxygens (including phenoxy) is 1. The van der Waals surface area contributed by atoms with E-state index in [1.165, 1.54) is 0 Å². The lowest BCUT2D eigenvalue weighted by Crippen LogP contribution is -2.54. The minimum atomic E-state index is -0.819. The molecule has 0 radical (unpaired) electrons. The second kappa shape index (κ2) is 5.87. The van der Waals surface area contributed by atoms with E-state index in [2.05, 4.69) is 5.32 Å². The molecule has 0 fully saturated rings. The van der Waals surface area contributed by atoms with Gasteiger partial charge in [0, 0.05) is 6.04 Å². The van der Waals surface area contributed by atoms with Crippen molar-refractivity contribution >= 4 is 5.91 Å². The lowest BCUT2D eigenvalue weighted by molar-refractivity contribution is -0.125. The molecule has 3 N–H and O–H groups in total. The maximum atomic E-state index is 11.9. The zero-order chi connectivity index (χ0) is 13.8. The molecule has 1 amide bonds. The number of hydrogen-bond acceptors (Lipinski definition) is 3. The molecule has 0 aliphatic heterocycles. The smallest absolute Gasteiger partial charge is 0.242 e. The number of carbonyl (C=O) groups is 1. The van der Waals surface area contributed by atoms with Crippen LogP contribution in [0, 0.1) is 0 Å². The zero-order valence-electron chi connectivity index (χ0n) is 11.5. The molecule has 0 aliphatic rings. The van der Waals surface area contributed by atoms with Gasteiger partial charge in [0.1, 0.15) is 11.3 Å². The molecule has 100 valence electrons. The highest BCUT2D eigenvalue weighted by Gasteiger charge is 2.36. The second-order valence-electron chi connectivity index (χ2n) is 4.65. The lowest BCUT2D eigenvalue weighted by atomic mass is 9.85. The standard InChI is InChI=1S/C14H22N2O2/c1-5-14(13(15)17,16-10(2)3)11-6-8-12(18-4)9-7-11/h6-10,16H,5H2,1-4H3,(H2,15,17). The summed E-state index contributed by atoms with van der Waals surface area (Å²) >= 11 is 0. The highest BCUT2D eigenvalue weighted by Crippen LogP contribution is 2.27. The molecule has 1 rings (SSSR count). The number of methoxy groups -OCH3 is 1. The van der Waals surface area contributed by atoms with Crippen molar-refractivity contribution in [2.45, 2.75) is 38.8 Å². The van der Waals surface area contributed by atoms with Gasteiger partial charge in [-0.1, -0.05) is 19.1 Å². The molecule has 1 aromatic carbocycles. The Balaban J connectivity index is 3.19. The van der Waals surface area contributed by atoms with Gasteiger partial charge in [0.2, 0.25) is 5.91 Å². The Morgan fingerprint density at radius 1 is 1.39 bits per heavy atom. The molecule has 4 heteroatoms. The van der Waals surface area contributed by atoms with Gasteiger partial charge in [-0.15, -0.1) is 0 Å². The van der Waals surface area contributed by atoms with Crippen LogP contribution in [0.2, 0.25) is 0 Å². The van der Waals surface area contributed by atoms with Crippen LogP contribution in [0.3, 0.4) is 0 Å². The first kappa shape index (κ1) is 14.5. The molecular weight excluding hydrogens is 228 g/mol. The van der Waals surface area contributed by atoms with E-state index in [1.807, 2.05) is 45.0 Å². The first-order valence-corrected chi connectivity index (χ1v) is 6.18. The predicted octanol–water partition coefficient (Wildman–Crippen LogP) is 1.78. The number of nitrogens with one attached hydrogen (secondary N) is 1. The minimum Gasteiger partial charge on any atom is -0.497 e. The van der Waals surface area contributed by atoms with Gasteiger partial charge < -0.3 is 10.5 Å². The summed E-state index contributed by atoms with van der Waals surface area (Å²) in [6.45, 7) is 5.94. The molecule has 0 heterocycles. The predicted molar refractivity (Wildman–Crippen MR) is 72.4 cm³/mol. The van der Waals surface area contributed by atoms with E-state index in [0.717, 1.165) is 11.3 Å². The Kier molecular flexibility index (Phi) is 4.73. The quantitative estimate of drug-likeness (QED) is 0.809. The van der Waals surface area contributed by atoms with Crippen molar-refractivity contribution in [2.75, 3.05) is 7.11 Å². The van der Waals surface area contributed by atoms with Crippen molar-refractivity contribution in [3.63, 3.8) is 0 Å². The van der Waals surface area contributed by atoms with Crippen molar-refractivity contribution in [1.82, 2.24) is 5.32 Å². The fraction of sp³-hybridized carbons (Fsp3) is 0.500. The molecule has 18 heavy (non-hydrogen) atoms. The highest BCUT2D eigenvalue weighted by atomic mass is 16.5. The van der Waals surface area contributed by atoms with Crippen molar-refractivity contribution in [1.29, 1.82) is 0 Å². The molecule has 1 unspecified atom stereocenters. The minimum absolute atomic E-state index is 0.166. The van der Waals surface area contributed by atoms with Crippen LogP contribution in [0.5, 0.6) is 5.75 Å². The van der Waals surface area contributed by atoms with Crippen LogP contribution in [0.25, 0.3) is 0 Å². The monoisotopic (exact) mass is 250 g/mol. The van der Waals surface area contributed by atoms with Gasteiger partial charge in [-0.25, -0.2) is 0 Å². The van der Waals surface area contributed by atoms with E-state index in [1.54, 1.807) is 7.11 Å². The number of hydrogen-bond donors (Lipinski definition) is 2. The molecular formula is C14H22N2O2. The summed E-state index contributed by atoms with van der Waals surface area (Å²) in [5, 5.41) is 3.28.